The SMILES string of the molecule is Cc1cccc2oc(-c3ccc(Br)c(N)c3)nc12. The van der Waals surface area contributed by atoms with Crippen LogP contribution >= 0.6 is 15.9 Å². The van der Waals surface area contributed by atoms with E-state index in [-0.39, 0.29) is 0 Å². The van der Waals surface area contributed by atoms with E-state index in [0.29, 0.717) is 11.6 Å². The molecule has 1 heterocycles. The number of fused-ring (bicyclic) bond motifs is 1. The Balaban J connectivity index is 2.19. The number of benzene rings is 2. The zero-order valence-electron chi connectivity index (χ0n) is 9.77. The molecule has 0 aliphatic heterocycles. The summed E-state index contributed by atoms with van der Waals surface area (Å²) < 4.78 is 6.62. The highest BCUT2D eigenvalue weighted by Gasteiger charge is 2.10. The molecule has 3 aromatic rings. The second-order valence-electron chi connectivity index (χ2n) is 4.18. The minimum Gasteiger partial charge on any atom is -0.436 e. The van der Waals surface area contributed by atoms with Crippen molar-refractivity contribution in [3.05, 3.63) is 46.4 Å². The number of halogens is 1. The second-order valence-corrected chi connectivity index (χ2v) is 5.03. The van der Waals surface area contributed by atoms with Gasteiger partial charge in [0.25, 0.3) is 0 Å². The Morgan fingerprint density at radius 3 is 2.78 bits per heavy atom. The van der Waals surface area contributed by atoms with Crippen molar-refractivity contribution in [2.75, 3.05) is 5.73 Å². The van der Waals surface area contributed by atoms with Crippen LogP contribution in [-0.2, 0) is 0 Å². The number of aryl methyl sites for hydroxylation is 1. The van der Waals surface area contributed by atoms with E-state index in [0.717, 1.165) is 26.7 Å². The maximum Gasteiger partial charge on any atom is 0.227 e. The third kappa shape index (κ3) is 1.78. The summed E-state index contributed by atoms with van der Waals surface area (Å²) in [6.45, 7) is 2.02. The van der Waals surface area contributed by atoms with E-state index >= 15 is 0 Å². The van der Waals surface area contributed by atoms with Crippen molar-refractivity contribution in [3.8, 4) is 11.5 Å². The molecule has 2 aromatic carbocycles. The summed E-state index contributed by atoms with van der Waals surface area (Å²) in [7, 11) is 0. The van der Waals surface area contributed by atoms with Crippen LogP contribution in [0.15, 0.2) is 45.3 Å². The maximum absolute atomic E-state index is 5.87. The van der Waals surface area contributed by atoms with E-state index in [1.54, 1.807) is 0 Å². The molecule has 3 rings (SSSR count). The molecule has 1 aromatic heterocycles. The lowest BCUT2D eigenvalue weighted by Crippen LogP contribution is -1.87. The molecule has 0 bridgehead atoms. The Morgan fingerprint density at radius 2 is 2.06 bits per heavy atom. The Hall–Kier alpha value is -1.81. The van der Waals surface area contributed by atoms with Crippen LogP contribution in [0.1, 0.15) is 5.56 Å². The number of hydrogen-bond acceptors (Lipinski definition) is 3. The molecule has 0 atom stereocenters. The lowest BCUT2D eigenvalue weighted by atomic mass is 10.2. The van der Waals surface area contributed by atoms with Gasteiger partial charge in [0, 0.05) is 15.7 Å². The van der Waals surface area contributed by atoms with Gasteiger partial charge in [0.15, 0.2) is 5.58 Å². The zero-order chi connectivity index (χ0) is 12.7. The Labute approximate surface area is 113 Å². The van der Waals surface area contributed by atoms with Gasteiger partial charge in [-0.15, -0.1) is 0 Å². The number of nitrogens with two attached hydrogens (primary N) is 1. The highest BCUT2D eigenvalue weighted by atomic mass is 79.9. The molecule has 0 saturated heterocycles. The highest BCUT2D eigenvalue weighted by Crippen LogP contribution is 2.29. The average Bonchev–Trinajstić information content (AvgIpc) is 2.78. The molecule has 0 spiro atoms. The summed E-state index contributed by atoms with van der Waals surface area (Å²) in [6.07, 6.45) is 0. The van der Waals surface area contributed by atoms with Gasteiger partial charge in [-0.1, -0.05) is 12.1 Å². The first-order chi connectivity index (χ1) is 8.65. The monoisotopic (exact) mass is 302 g/mol. The fourth-order valence-corrected chi connectivity index (χ4v) is 2.13. The van der Waals surface area contributed by atoms with Crippen LogP contribution in [0.2, 0.25) is 0 Å². The van der Waals surface area contributed by atoms with E-state index in [2.05, 4.69) is 20.9 Å². The molecular weight excluding hydrogens is 292 g/mol. The molecule has 4 heteroatoms. The molecular formula is C14H11BrN2O. The van der Waals surface area contributed by atoms with Crippen molar-refractivity contribution in [3.63, 3.8) is 0 Å². The van der Waals surface area contributed by atoms with Crippen LogP contribution in [0, 0.1) is 6.92 Å². The van der Waals surface area contributed by atoms with Crippen LogP contribution in [0.4, 0.5) is 5.69 Å². The van der Waals surface area contributed by atoms with Crippen LogP contribution < -0.4 is 5.73 Å². The largest absolute Gasteiger partial charge is 0.436 e. The highest BCUT2D eigenvalue weighted by molar-refractivity contribution is 9.10. The number of para-hydroxylation sites is 1. The van der Waals surface area contributed by atoms with Gasteiger partial charge in [-0.25, -0.2) is 4.98 Å². The molecule has 18 heavy (non-hydrogen) atoms. The van der Waals surface area contributed by atoms with Gasteiger partial charge in [-0.3, -0.25) is 0 Å². The third-order valence-corrected chi connectivity index (χ3v) is 3.59. The van der Waals surface area contributed by atoms with Crippen molar-refractivity contribution >= 4 is 32.7 Å². The van der Waals surface area contributed by atoms with Crippen molar-refractivity contribution in [1.82, 2.24) is 4.98 Å². The quantitative estimate of drug-likeness (QED) is 0.687. The number of nitrogens with zero attached hydrogens (tertiary/aromatic N) is 1. The lowest BCUT2D eigenvalue weighted by molar-refractivity contribution is 0.620. The Kier molecular flexibility index (Phi) is 2.59. The van der Waals surface area contributed by atoms with Gasteiger partial charge in [-0.05, 0) is 52.7 Å². The fourth-order valence-electron chi connectivity index (χ4n) is 1.89. The Morgan fingerprint density at radius 1 is 1.22 bits per heavy atom. The summed E-state index contributed by atoms with van der Waals surface area (Å²) in [5, 5.41) is 0. The number of oxazole rings is 1. The number of rotatable bonds is 1. The summed E-state index contributed by atoms with van der Waals surface area (Å²) in [5.41, 5.74) is 10.2. The van der Waals surface area contributed by atoms with Crippen molar-refractivity contribution in [2.45, 2.75) is 6.92 Å². The van der Waals surface area contributed by atoms with Gasteiger partial charge in [0.05, 0.1) is 0 Å². The normalized spacial score (nSPS) is 11.0. The van der Waals surface area contributed by atoms with E-state index in [1.165, 1.54) is 0 Å². The van der Waals surface area contributed by atoms with Crippen LogP contribution in [0.5, 0.6) is 0 Å². The molecule has 3 nitrogen and oxygen atoms in total. The summed E-state index contributed by atoms with van der Waals surface area (Å²) in [4.78, 5) is 4.52. The molecule has 0 unspecified atom stereocenters. The first-order valence-corrected chi connectivity index (χ1v) is 6.36. The lowest BCUT2D eigenvalue weighted by Gasteiger charge is -1.99. The molecule has 0 saturated carbocycles. The average molecular weight is 303 g/mol. The van der Waals surface area contributed by atoms with Crippen molar-refractivity contribution < 1.29 is 4.42 Å². The minimum atomic E-state index is 0.596. The first kappa shape index (κ1) is 11.3. The molecule has 2 N–H and O–H groups in total. The summed E-state index contributed by atoms with van der Waals surface area (Å²) >= 11 is 3.37. The maximum atomic E-state index is 5.87. The number of aromatic nitrogens is 1. The fraction of sp³-hybridized carbons (Fsp3) is 0.0714. The molecule has 0 fully saturated rings. The van der Waals surface area contributed by atoms with E-state index in [1.807, 2.05) is 43.3 Å². The smallest absolute Gasteiger partial charge is 0.227 e. The molecule has 0 aliphatic carbocycles. The van der Waals surface area contributed by atoms with E-state index in [4.69, 9.17) is 10.2 Å². The van der Waals surface area contributed by atoms with Crippen LogP contribution in [0.25, 0.3) is 22.6 Å². The standard InChI is InChI=1S/C14H11BrN2O/c1-8-3-2-4-12-13(8)17-14(18-12)9-5-6-10(15)11(16)7-9/h2-7H,16H2,1H3. The molecule has 0 aliphatic rings. The van der Waals surface area contributed by atoms with Crippen LogP contribution in [0.3, 0.4) is 0 Å². The van der Waals surface area contributed by atoms with Crippen molar-refractivity contribution in [2.24, 2.45) is 0 Å². The summed E-state index contributed by atoms with van der Waals surface area (Å²) in [6, 6.07) is 11.6. The summed E-state index contributed by atoms with van der Waals surface area (Å²) in [5.74, 6) is 0.596. The number of nitrogen functional groups attached to an aromatic ring is 1. The molecule has 0 radical (unpaired) electrons. The zero-order valence-corrected chi connectivity index (χ0v) is 11.4. The van der Waals surface area contributed by atoms with Crippen LogP contribution in [-0.4, -0.2) is 4.98 Å². The predicted molar refractivity (Wildman–Crippen MR) is 76.3 cm³/mol. The first-order valence-electron chi connectivity index (χ1n) is 5.57. The molecule has 90 valence electrons. The topological polar surface area (TPSA) is 52.0 Å². The third-order valence-electron chi connectivity index (χ3n) is 2.86. The number of hydrogen-bond donors (Lipinski definition) is 1. The second kappa shape index (κ2) is 4.14. The van der Waals surface area contributed by atoms with Gasteiger partial charge >= 0.3 is 0 Å². The van der Waals surface area contributed by atoms with E-state index < -0.39 is 0 Å². The number of anilines is 1. The Bertz CT molecular complexity index is 734. The van der Waals surface area contributed by atoms with Gasteiger partial charge in [-0.2, -0.15) is 0 Å². The minimum absolute atomic E-state index is 0.596. The van der Waals surface area contributed by atoms with Crippen molar-refractivity contribution in [1.29, 1.82) is 0 Å². The van der Waals surface area contributed by atoms with Gasteiger partial charge in [0.1, 0.15) is 5.52 Å². The van der Waals surface area contributed by atoms with Gasteiger partial charge < -0.3 is 10.2 Å². The van der Waals surface area contributed by atoms with E-state index in [9.17, 15) is 0 Å². The van der Waals surface area contributed by atoms with Gasteiger partial charge in [0.2, 0.25) is 5.89 Å². The molecule has 0 amide bonds. The predicted octanol–water partition coefficient (Wildman–Crippen LogP) is 4.15.